The number of hydrogen-bond donors (Lipinski definition) is 2. The Morgan fingerprint density at radius 1 is 1.16 bits per heavy atom. The van der Waals surface area contributed by atoms with E-state index in [-0.39, 0.29) is 17.7 Å². The van der Waals surface area contributed by atoms with Crippen LogP contribution in [0.25, 0.3) is 10.9 Å². The number of amides is 1. The van der Waals surface area contributed by atoms with Crippen molar-refractivity contribution in [3.05, 3.63) is 65.9 Å². The first kappa shape index (κ1) is 15.4. The van der Waals surface area contributed by atoms with Crippen molar-refractivity contribution in [2.75, 3.05) is 12.4 Å². The predicted molar refractivity (Wildman–Crippen MR) is 95.6 cm³/mol. The van der Waals surface area contributed by atoms with Crippen LogP contribution in [0, 0.1) is 5.92 Å². The lowest BCUT2D eigenvalue weighted by Crippen LogP contribution is -2.15. The molecule has 5 nitrogen and oxygen atoms in total. The van der Waals surface area contributed by atoms with Crippen LogP contribution in [0.4, 0.5) is 5.69 Å². The molecule has 0 spiro atoms. The van der Waals surface area contributed by atoms with Gasteiger partial charge in [-0.05, 0) is 36.1 Å². The molecule has 1 aromatic heterocycles. The summed E-state index contributed by atoms with van der Waals surface area (Å²) < 4.78 is 4.84. The number of ether oxygens (including phenoxy) is 1. The minimum Gasteiger partial charge on any atom is -0.465 e. The molecule has 1 aliphatic carbocycles. The maximum atomic E-state index is 12.5. The van der Waals surface area contributed by atoms with Crippen LogP contribution in [0.1, 0.15) is 28.3 Å². The Morgan fingerprint density at radius 2 is 1.96 bits per heavy atom. The van der Waals surface area contributed by atoms with E-state index in [9.17, 15) is 9.59 Å². The Morgan fingerprint density at radius 3 is 2.72 bits per heavy atom. The van der Waals surface area contributed by atoms with Crippen LogP contribution in [0.3, 0.4) is 0 Å². The first-order chi connectivity index (χ1) is 12.2. The number of carbonyl (C=O) groups excluding carboxylic acids is 2. The number of rotatable bonds is 4. The first-order valence-electron chi connectivity index (χ1n) is 8.22. The lowest BCUT2D eigenvalue weighted by atomic mass is 10.1. The van der Waals surface area contributed by atoms with Crippen molar-refractivity contribution in [2.24, 2.45) is 5.92 Å². The number of H-pyrrole nitrogens is 1. The molecule has 5 heteroatoms. The summed E-state index contributed by atoms with van der Waals surface area (Å²) in [5.41, 5.74) is 3.01. The second-order valence-corrected chi connectivity index (χ2v) is 6.30. The van der Waals surface area contributed by atoms with E-state index in [1.807, 2.05) is 30.3 Å². The number of aromatic amines is 1. The number of carbonyl (C=O) groups is 2. The molecule has 2 atom stereocenters. The molecule has 2 aromatic carbocycles. The van der Waals surface area contributed by atoms with Crippen molar-refractivity contribution >= 4 is 28.5 Å². The average molecular weight is 334 g/mol. The third-order valence-corrected chi connectivity index (χ3v) is 4.70. The molecule has 4 rings (SSSR count). The summed E-state index contributed by atoms with van der Waals surface area (Å²) in [4.78, 5) is 27.6. The van der Waals surface area contributed by atoms with E-state index in [2.05, 4.69) is 22.4 Å². The minimum absolute atomic E-state index is 0.0180. The number of esters is 1. The fourth-order valence-corrected chi connectivity index (χ4v) is 3.31. The van der Waals surface area contributed by atoms with Crippen molar-refractivity contribution in [3.8, 4) is 0 Å². The van der Waals surface area contributed by atoms with Gasteiger partial charge >= 0.3 is 5.97 Å². The highest BCUT2D eigenvalue weighted by atomic mass is 16.5. The molecule has 0 bridgehead atoms. The van der Waals surface area contributed by atoms with Crippen molar-refractivity contribution < 1.29 is 14.3 Å². The zero-order chi connectivity index (χ0) is 17.4. The number of hydrogen-bond acceptors (Lipinski definition) is 3. The zero-order valence-corrected chi connectivity index (χ0v) is 13.8. The topological polar surface area (TPSA) is 71.2 Å². The maximum absolute atomic E-state index is 12.5. The predicted octanol–water partition coefficient (Wildman–Crippen LogP) is 3.70. The number of anilines is 1. The second-order valence-electron chi connectivity index (χ2n) is 6.30. The molecule has 25 heavy (non-hydrogen) atoms. The van der Waals surface area contributed by atoms with Crippen LogP contribution in [-0.2, 0) is 9.53 Å². The summed E-state index contributed by atoms with van der Waals surface area (Å²) in [6.07, 6.45) is 2.61. The largest absolute Gasteiger partial charge is 0.465 e. The summed E-state index contributed by atoms with van der Waals surface area (Å²) in [5.74, 6) is -0.191. The van der Waals surface area contributed by atoms with Crippen LogP contribution in [-0.4, -0.2) is 24.0 Å². The summed E-state index contributed by atoms with van der Waals surface area (Å²) in [7, 11) is 1.35. The molecule has 0 saturated heterocycles. The maximum Gasteiger partial charge on any atom is 0.338 e. The van der Waals surface area contributed by atoms with Crippen LogP contribution in [0.2, 0.25) is 0 Å². The standard InChI is InChI=1S/C20H18N2O3/c1-25-20(24)17-9-13(10-18-14(17)7-8-21-18)22-19(23)16-11-15(16)12-5-3-2-4-6-12/h2-10,15-16,21H,11H2,1H3,(H,22,23). The van der Waals surface area contributed by atoms with Gasteiger partial charge in [-0.25, -0.2) is 4.79 Å². The quantitative estimate of drug-likeness (QED) is 0.715. The summed E-state index contributed by atoms with van der Waals surface area (Å²) in [6, 6.07) is 15.4. The molecule has 1 aliphatic rings. The van der Waals surface area contributed by atoms with Gasteiger partial charge < -0.3 is 15.0 Å². The molecule has 1 saturated carbocycles. The lowest BCUT2D eigenvalue weighted by molar-refractivity contribution is -0.117. The zero-order valence-electron chi connectivity index (χ0n) is 13.8. The number of methoxy groups -OCH3 is 1. The summed E-state index contributed by atoms with van der Waals surface area (Å²) in [5, 5.41) is 3.71. The molecule has 0 aliphatic heterocycles. The van der Waals surface area contributed by atoms with E-state index >= 15 is 0 Å². The van der Waals surface area contributed by atoms with Gasteiger partial charge in [0, 0.05) is 28.7 Å². The van der Waals surface area contributed by atoms with E-state index in [0.29, 0.717) is 11.3 Å². The molecule has 0 radical (unpaired) electrons. The highest BCUT2D eigenvalue weighted by Gasteiger charge is 2.43. The average Bonchev–Trinajstić information content (AvgIpc) is 3.31. The molecule has 3 aromatic rings. The molecule has 1 amide bonds. The van der Waals surface area contributed by atoms with Crippen LogP contribution >= 0.6 is 0 Å². The Bertz CT molecular complexity index is 946. The second kappa shape index (κ2) is 6.09. The smallest absolute Gasteiger partial charge is 0.338 e. The van der Waals surface area contributed by atoms with Gasteiger partial charge in [0.05, 0.1) is 12.7 Å². The first-order valence-corrected chi connectivity index (χ1v) is 8.22. The Hall–Kier alpha value is -3.08. The molecule has 2 unspecified atom stereocenters. The molecule has 126 valence electrons. The van der Waals surface area contributed by atoms with Crippen LogP contribution in [0.15, 0.2) is 54.7 Å². The lowest BCUT2D eigenvalue weighted by Gasteiger charge is -2.08. The minimum atomic E-state index is -0.422. The highest BCUT2D eigenvalue weighted by molar-refractivity contribution is 6.07. The van der Waals surface area contributed by atoms with Crippen molar-refractivity contribution in [1.29, 1.82) is 0 Å². The molecule has 1 fully saturated rings. The third-order valence-electron chi connectivity index (χ3n) is 4.70. The molecule has 1 heterocycles. The highest BCUT2D eigenvalue weighted by Crippen LogP contribution is 2.47. The molecule has 2 N–H and O–H groups in total. The van der Waals surface area contributed by atoms with Gasteiger partial charge in [0.15, 0.2) is 0 Å². The van der Waals surface area contributed by atoms with Crippen molar-refractivity contribution in [1.82, 2.24) is 4.98 Å². The van der Waals surface area contributed by atoms with Gasteiger partial charge in [0.2, 0.25) is 5.91 Å². The van der Waals surface area contributed by atoms with E-state index in [4.69, 9.17) is 4.74 Å². The van der Waals surface area contributed by atoms with Crippen LogP contribution in [0.5, 0.6) is 0 Å². The van der Waals surface area contributed by atoms with E-state index in [0.717, 1.165) is 17.3 Å². The van der Waals surface area contributed by atoms with Gasteiger partial charge in [0.1, 0.15) is 0 Å². The van der Waals surface area contributed by atoms with Crippen LogP contribution < -0.4 is 5.32 Å². The summed E-state index contributed by atoms with van der Waals surface area (Å²) >= 11 is 0. The van der Waals surface area contributed by atoms with Gasteiger partial charge in [-0.1, -0.05) is 30.3 Å². The fourth-order valence-electron chi connectivity index (χ4n) is 3.31. The van der Waals surface area contributed by atoms with Gasteiger partial charge in [-0.15, -0.1) is 0 Å². The number of benzene rings is 2. The normalized spacial score (nSPS) is 18.8. The van der Waals surface area contributed by atoms with Crippen molar-refractivity contribution in [3.63, 3.8) is 0 Å². The van der Waals surface area contributed by atoms with Gasteiger partial charge in [-0.2, -0.15) is 0 Å². The number of nitrogens with one attached hydrogen (secondary N) is 2. The Balaban J connectivity index is 1.55. The Labute approximate surface area is 145 Å². The van der Waals surface area contributed by atoms with Gasteiger partial charge in [0.25, 0.3) is 0 Å². The molecular weight excluding hydrogens is 316 g/mol. The SMILES string of the molecule is COC(=O)c1cc(NC(=O)C2CC2c2ccccc2)cc2[nH]ccc12. The van der Waals surface area contributed by atoms with Crippen molar-refractivity contribution in [2.45, 2.75) is 12.3 Å². The van der Waals surface area contributed by atoms with Gasteiger partial charge in [-0.3, -0.25) is 4.79 Å². The van der Waals surface area contributed by atoms with E-state index in [1.54, 1.807) is 12.3 Å². The molecular formula is C20H18N2O3. The number of fused-ring (bicyclic) bond motifs is 1. The summed E-state index contributed by atoms with van der Waals surface area (Å²) in [6.45, 7) is 0. The van der Waals surface area contributed by atoms with E-state index < -0.39 is 5.97 Å². The number of aromatic nitrogens is 1. The van der Waals surface area contributed by atoms with E-state index in [1.165, 1.54) is 12.7 Å². The third kappa shape index (κ3) is 2.89. The fraction of sp³-hybridized carbons (Fsp3) is 0.200. The Kier molecular flexibility index (Phi) is 3.76. The monoisotopic (exact) mass is 334 g/mol.